The van der Waals surface area contributed by atoms with Crippen molar-refractivity contribution < 1.29 is 22.3 Å². The Labute approximate surface area is 171 Å². The minimum atomic E-state index is -3.77. The molecule has 0 heterocycles. The van der Waals surface area contributed by atoms with Crippen molar-refractivity contribution in [3.05, 3.63) is 59.9 Å². The van der Waals surface area contributed by atoms with Gasteiger partial charge in [0.1, 0.15) is 17.6 Å². The zero-order chi connectivity index (χ0) is 21.6. The van der Waals surface area contributed by atoms with Gasteiger partial charge in [-0.1, -0.05) is 19.1 Å². The van der Waals surface area contributed by atoms with Gasteiger partial charge in [0.15, 0.2) is 0 Å². The van der Waals surface area contributed by atoms with Gasteiger partial charge in [-0.2, -0.15) is 0 Å². The number of carbonyl (C=O) groups excluding carboxylic acids is 1. The van der Waals surface area contributed by atoms with Gasteiger partial charge in [0.25, 0.3) is 0 Å². The molecule has 2 rings (SSSR count). The summed E-state index contributed by atoms with van der Waals surface area (Å²) in [7, 11) is -3.77. The molecule has 0 radical (unpaired) electrons. The fourth-order valence-corrected chi connectivity index (χ4v) is 4.27. The van der Waals surface area contributed by atoms with Crippen molar-refractivity contribution in [2.24, 2.45) is 0 Å². The lowest BCUT2D eigenvalue weighted by atomic mass is 10.1. The van der Waals surface area contributed by atoms with Gasteiger partial charge < -0.3 is 10.1 Å². The van der Waals surface area contributed by atoms with E-state index in [0.29, 0.717) is 6.61 Å². The van der Waals surface area contributed by atoms with Gasteiger partial charge in [-0.05, 0) is 62.2 Å². The molecule has 2 atom stereocenters. The van der Waals surface area contributed by atoms with Crippen LogP contribution in [0.2, 0.25) is 0 Å². The first kappa shape index (κ1) is 22.7. The molecular formula is C21H27FN2O4S. The molecule has 1 N–H and O–H groups in total. The van der Waals surface area contributed by atoms with Crippen LogP contribution in [0.5, 0.6) is 5.75 Å². The van der Waals surface area contributed by atoms with E-state index in [9.17, 15) is 17.6 Å². The number of nitrogens with one attached hydrogen (secondary N) is 1. The Bertz CT molecular complexity index is 915. The molecular weight excluding hydrogens is 395 g/mol. The summed E-state index contributed by atoms with van der Waals surface area (Å²) in [5, 5.41) is 2.87. The lowest BCUT2D eigenvalue weighted by Gasteiger charge is -2.31. The van der Waals surface area contributed by atoms with Crippen LogP contribution in [-0.2, 0) is 14.8 Å². The number of hydrogen-bond acceptors (Lipinski definition) is 4. The van der Waals surface area contributed by atoms with Crippen LogP contribution in [-0.4, -0.2) is 33.2 Å². The van der Waals surface area contributed by atoms with Crippen LogP contribution in [0.4, 0.5) is 10.1 Å². The summed E-state index contributed by atoms with van der Waals surface area (Å²) in [5.74, 6) is -0.173. The number of anilines is 1. The Morgan fingerprint density at radius 2 is 1.69 bits per heavy atom. The van der Waals surface area contributed by atoms with Crippen LogP contribution in [0.25, 0.3) is 0 Å². The van der Waals surface area contributed by atoms with E-state index >= 15 is 0 Å². The van der Waals surface area contributed by atoms with E-state index in [1.54, 1.807) is 6.92 Å². The van der Waals surface area contributed by atoms with Crippen LogP contribution < -0.4 is 14.4 Å². The molecule has 0 aliphatic carbocycles. The Kier molecular flexibility index (Phi) is 7.61. The third-order valence-corrected chi connectivity index (χ3v) is 5.64. The predicted molar refractivity (Wildman–Crippen MR) is 112 cm³/mol. The van der Waals surface area contributed by atoms with E-state index in [0.717, 1.165) is 21.9 Å². The Balaban J connectivity index is 2.23. The first-order valence-electron chi connectivity index (χ1n) is 9.45. The van der Waals surface area contributed by atoms with Gasteiger partial charge in [0, 0.05) is 0 Å². The number of sulfonamides is 1. The van der Waals surface area contributed by atoms with E-state index in [1.165, 1.54) is 24.3 Å². The molecule has 0 unspecified atom stereocenters. The van der Waals surface area contributed by atoms with Gasteiger partial charge in [0.05, 0.1) is 24.6 Å². The second-order valence-electron chi connectivity index (χ2n) is 6.69. The smallest absolute Gasteiger partial charge is 0.244 e. The fourth-order valence-electron chi connectivity index (χ4n) is 3.06. The molecule has 0 aromatic heterocycles. The maximum atomic E-state index is 13.3. The number of amides is 1. The van der Waals surface area contributed by atoms with Crippen molar-refractivity contribution in [2.75, 3.05) is 17.2 Å². The van der Waals surface area contributed by atoms with E-state index in [-0.39, 0.29) is 18.2 Å². The molecule has 0 fully saturated rings. The highest BCUT2D eigenvalue weighted by Crippen LogP contribution is 2.24. The van der Waals surface area contributed by atoms with Crippen molar-refractivity contribution >= 4 is 21.6 Å². The van der Waals surface area contributed by atoms with Crippen molar-refractivity contribution in [1.29, 1.82) is 0 Å². The Hall–Kier alpha value is -2.61. The topological polar surface area (TPSA) is 75.7 Å². The number of nitrogens with zero attached hydrogens (tertiary/aromatic N) is 1. The van der Waals surface area contributed by atoms with Crippen molar-refractivity contribution in [2.45, 2.75) is 39.3 Å². The molecule has 0 aliphatic rings. The molecule has 0 saturated carbocycles. The second kappa shape index (κ2) is 9.73. The van der Waals surface area contributed by atoms with Crippen LogP contribution in [0.15, 0.2) is 48.5 Å². The standard InChI is InChI=1S/C21H27FN2O4S/c1-5-20(24(29(4,26)27)18-11-9-17(22)10-12-18)21(25)23-15(3)16-7-13-19(14-8-16)28-6-2/h7-15,20H,5-6H2,1-4H3,(H,23,25)/t15-,20+/m0/s1. The summed E-state index contributed by atoms with van der Waals surface area (Å²) in [4.78, 5) is 12.9. The first-order chi connectivity index (χ1) is 13.7. The molecule has 0 spiro atoms. The van der Waals surface area contributed by atoms with Gasteiger partial charge in [-0.25, -0.2) is 12.8 Å². The number of rotatable bonds is 9. The fraction of sp³-hybridized carbons (Fsp3) is 0.381. The van der Waals surface area contributed by atoms with Crippen LogP contribution in [0, 0.1) is 5.82 Å². The highest BCUT2D eigenvalue weighted by atomic mass is 32.2. The van der Waals surface area contributed by atoms with Crippen LogP contribution in [0.3, 0.4) is 0 Å². The average molecular weight is 423 g/mol. The highest BCUT2D eigenvalue weighted by molar-refractivity contribution is 7.92. The summed E-state index contributed by atoms with van der Waals surface area (Å²) < 4.78 is 44.5. The predicted octanol–water partition coefficient (Wildman–Crippen LogP) is 3.65. The summed E-state index contributed by atoms with van der Waals surface area (Å²) in [6.07, 6.45) is 1.29. The van der Waals surface area contributed by atoms with Gasteiger partial charge in [-0.3, -0.25) is 9.10 Å². The molecule has 0 saturated heterocycles. The zero-order valence-corrected chi connectivity index (χ0v) is 17.9. The molecule has 2 aromatic rings. The van der Waals surface area contributed by atoms with Crippen molar-refractivity contribution in [3.8, 4) is 5.75 Å². The summed E-state index contributed by atoms with van der Waals surface area (Å²) >= 11 is 0. The maximum absolute atomic E-state index is 13.3. The number of halogens is 1. The maximum Gasteiger partial charge on any atom is 0.244 e. The molecule has 0 bridgehead atoms. The molecule has 8 heteroatoms. The summed E-state index contributed by atoms with van der Waals surface area (Å²) in [5.41, 5.74) is 1.11. The molecule has 1 amide bonds. The largest absolute Gasteiger partial charge is 0.494 e. The Morgan fingerprint density at radius 3 is 2.17 bits per heavy atom. The minimum absolute atomic E-state index is 0.240. The van der Waals surface area contributed by atoms with Gasteiger partial charge >= 0.3 is 0 Å². The SMILES string of the molecule is CCOc1ccc([C@H](C)NC(=O)[C@@H](CC)N(c2ccc(F)cc2)S(C)(=O)=O)cc1. The van der Waals surface area contributed by atoms with Gasteiger partial charge in [-0.15, -0.1) is 0 Å². The van der Waals surface area contributed by atoms with Crippen molar-refractivity contribution in [3.63, 3.8) is 0 Å². The number of hydrogen-bond donors (Lipinski definition) is 1. The lowest BCUT2D eigenvalue weighted by Crippen LogP contribution is -2.49. The van der Waals surface area contributed by atoms with Gasteiger partial charge in [0.2, 0.25) is 15.9 Å². The number of benzene rings is 2. The number of ether oxygens (including phenoxy) is 1. The molecule has 2 aromatic carbocycles. The van der Waals surface area contributed by atoms with Crippen molar-refractivity contribution in [1.82, 2.24) is 5.32 Å². The quantitative estimate of drug-likeness (QED) is 0.669. The van der Waals surface area contributed by atoms with E-state index in [1.807, 2.05) is 38.1 Å². The molecule has 6 nitrogen and oxygen atoms in total. The average Bonchev–Trinajstić information content (AvgIpc) is 2.66. The normalized spacial score (nSPS) is 13.4. The molecule has 29 heavy (non-hydrogen) atoms. The van der Waals surface area contributed by atoms with Crippen LogP contribution >= 0.6 is 0 Å². The van der Waals surface area contributed by atoms with E-state index in [4.69, 9.17) is 4.74 Å². The summed E-state index contributed by atoms with van der Waals surface area (Å²) in [6, 6.07) is 11.1. The third-order valence-electron chi connectivity index (χ3n) is 4.46. The summed E-state index contributed by atoms with van der Waals surface area (Å²) in [6.45, 7) is 6.02. The monoisotopic (exact) mass is 422 g/mol. The third kappa shape index (κ3) is 5.93. The Morgan fingerprint density at radius 1 is 1.10 bits per heavy atom. The number of carbonyl (C=O) groups is 1. The van der Waals surface area contributed by atoms with Crippen LogP contribution in [0.1, 0.15) is 38.8 Å². The van der Waals surface area contributed by atoms with E-state index < -0.39 is 27.8 Å². The lowest BCUT2D eigenvalue weighted by molar-refractivity contribution is -0.122. The highest BCUT2D eigenvalue weighted by Gasteiger charge is 2.32. The molecule has 0 aliphatic heterocycles. The first-order valence-corrected chi connectivity index (χ1v) is 11.3. The van der Waals surface area contributed by atoms with E-state index in [2.05, 4.69) is 5.32 Å². The molecule has 158 valence electrons. The minimum Gasteiger partial charge on any atom is -0.494 e. The second-order valence-corrected chi connectivity index (χ2v) is 8.55. The zero-order valence-electron chi connectivity index (χ0n) is 17.1.